The lowest BCUT2D eigenvalue weighted by molar-refractivity contribution is 1.02. The van der Waals surface area contributed by atoms with Crippen molar-refractivity contribution in [3.8, 4) is 34.3 Å². The van der Waals surface area contributed by atoms with E-state index in [1.807, 2.05) is 34.9 Å². The molecule has 1 N–H and O–H groups in total. The Labute approximate surface area is 208 Å². The van der Waals surface area contributed by atoms with Gasteiger partial charge in [-0.15, -0.1) is 37.2 Å². The van der Waals surface area contributed by atoms with Gasteiger partial charge in [0.05, 0.1) is 41.1 Å². The van der Waals surface area contributed by atoms with Crippen molar-refractivity contribution in [2.24, 2.45) is 0 Å². The quantitative estimate of drug-likeness (QED) is 0.303. The molecule has 7 nitrogen and oxygen atoms in total. The third-order valence-electron chi connectivity index (χ3n) is 4.91. The Morgan fingerprint density at radius 2 is 1.67 bits per heavy atom. The van der Waals surface area contributed by atoms with Crippen LogP contribution in [0.2, 0.25) is 0 Å². The Morgan fingerprint density at radius 3 is 2.33 bits per heavy atom. The van der Waals surface area contributed by atoms with Gasteiger partial charge in [-0.2, -0.15) is 10.4 Å². The minimum atomic E-state index is 0. The van der Waals surface area contributed by atoms with Crippen molar-refractivity contribution in [1.82, 2.24) is 24.7 Å². The number of hydrogen-bond acceptors (Lipinski definition) is 4. The van der Waals surface area contributed by atoms with Crippen molar-refractivity contribution in [1.29, 1.82) is 5.26 Å². The number of nitriles is 1. The molecule has 3 aromatic heterocycles. The van der Waals surface area contributed by atoms with Gasteiger partial charge in [0, 0.05) is 17.3 Å². The first-order valence-electron chi connectivity index (χ1n) is 9.12. The molecule has 0 saturated carbocycles. The summed E-state index contributed by atoms with van der Waals surface area (Å²) in [5.41, 5.74) is 6.62. The average molecular weight is 497 g/mol. The summed E-state index contributed by atoms with van der Waals surface area (Å²) >= 11 is 0. The number of fused-ring (bicyclic) bond motifs is 1. The van der Waals surface area contributed by atoms with Crippen molar-refractivity contribution in [2.75, 3.05) is 0 Å². The van der Waals surface area contributed by atoms with Gasteiger partial charge in [0.2, 0.25) is 5.69 Å². The highest BCUT2D eigenvalue weighted by Crippen LogP contribution is 2.32. The summed E-state index contributed by atoms with van der Waals surface area (Å²) in [5, 5.41) is 16.3. The van der Waals surface area contributed by atoms with E-state index in [1.165, 1.54) is 0 Å². The van der Waals surface area contributed by atoms with Crippen LogP contribution in [0.25, 0.3) is 44.1 Å². The molecule has 0 bridgehead atoms. The highest BCUT2D eigenvalue weighted by atomic mass is 35.5. The van der Waals surface area contributed by atoms with Crippen molar-refractivity contribution in [2.45, 2.75) is 0 Å². The molecule has 0 aliphatic rings. The number of imidazole rings is 1. The molecule has 0 unspecified atom stereocenters. The number of benzene rings is 2. The molecular weight excluding hydrogens is 481 g/mol. The van der Waals surface area contributed by atoms with E-state index in [9.17, 15) is 0 Å². The van der Waals surface area contributed by atoms with Gasteiger partial charge in [-0.05, 0) is 35.9 Å². The zero-order chi connectivity index (χ0) is 20.5. The van der Waals surface area contributed by atoms with Gasteiger partial charge in [0.15, 0.2) is 0 Å². The number of hydrogen-bond donors (Lipinski definition) is 1. The number of aromatic amines is 1. The number of pyridine rings is 1. The second-order valence-corrected chi connectivity index (χ2v) is 6.65. The van der Waals surface area contributed by atoms with E-state index in [4.69, 9.17) is 11.8 Å². The van der Waals surface area contributed by atoms with E-state index in [2.05, 4.69) is 31.1 Å². The SMILES string of the molecule is Cl.Cl.Cl.[C-]#[N+]c1ccc(-n2cnc3ccc(-c4cn[nH]c4-c4ccc(C#N)cc4)cc32)nc1. The van der Waals surface area contributed by atoms with E-state index in [-0.39, 0.29) is 37.2 Å². The van der Waals surface area contributed by atoms with Gasteiger partial charge in [-0.25, -0.2) is 9.83 Å². The molecule has 0 fully saturated rings. The van der Waals surface area contributed by atoms with Gasteiger partial charge < -0.3 is 0 Å². The van der Waals surface area contributed by atoms with E-state index in [0.717, 1.165) is 33.4 Å². The molecule has 0 saturated heterocycles. The minimum Gasteiger partial charge on any atom is -0.283 e. The molecule has 33 heavy (non-hydrogen) atoms. The third kappa shape index (κ3) is 4.67. The maximum atomic E-state index is 9.02. The van der Waals surface area contributed by atoms with E-state index >= 15 is 0 Å². The number of aromatic nitrogens is 5. The number of nitrogens with one attached hydrogen (secondary N) is 1. The highest BCUT2D eigenvalue weighted by Gasteiger charge is 2.13. The lowest BCUT2D eigenvalue weighted by Crippen LogP contribution is -1.95. The molecule has 10 heteroatoms. The summed E-state index contributed by atoms with van der Waals surface area (Å²) in [6, 6.07) is 19.1. The molecule has 5 rings (SSSR count). The van der Waals surface area contributed by atoms with Crippen LogP contribution < -0.4 is 0 Å². The van der Waals surface area contributed by atoms with E-state index in [1.54, 1.807) is 43.0 Å². The van der Waals surface area contributed by atoms with Gasteiger partial charge >= 0.3 is 0 Å². The number of rotatable bonds is 3. The summed E-state index contributed by atoms with van der Waals surface area (Å²) in [4.78, 5) is 12.2. The van der Waals surface area contributed by atoms with Crippen LogP contribution >= 0.6 is 37.2 Å². The van der Waals surface area contributed by atoms with Crippen LogP contribution in [0, 0.1) is 17.9 Å². The Hall–Kier alpha value is -3.88. The van der Waals surface area contributed by atoms with Crippen LogP contribution in [0.3, 0.4) is 0 Å². The summed E-state index contributed by atoms with van der Waals surface area (Å²) in [6.45, 7) is 7.08. The predicted molar refractivity (Wildman–Crippen MR) is 135 cm³/mol. The van der Waals surface area contributed by atoms with Crippen molar-refractivity contribution in [3.63, 3.8) is 0 Å². The number of nitrogens with zero attached hydrogens (tertiary/aromatic N) is 6. The Bertz CT molecular complexity index is 1460. The van der Waals surface area contributed by atoms with Crippen LogP contribution in [-0.4, -0.2) is 24.7 Å². The maximum Gasteiger partial charge on any atom is 0.205 e. The fourth-order valence-electron chi connectivity index (χ4n) is 3.38. The normalized spacial score (nSPS) is 9.64. The smallest absolute Gasteiger partial charge is 0.205 e. The largest absolute Gasteiger partial charge is 0.283 e. The summed E-state index contributed by atoms with van der Waals surface area (Å²) in [6.07, 6.45) is 5.07. The molecule has 164 valence electrons. The molecule has 3 heterocycles. The van der Waals surface area contributed by atoms with Crippen molar-refractivity contribution in [3.05, 3.63) is 90.3 Å². The molecule has 0 spiro atoms. The minimum absolute atomic E-state index is 0. The van der Waals surface area contributed by atoms with Gasteiger partial charge in [0.25, 0.3) is 0 Å². The monoisotopic (exact) mass is 495 g/mol. The van der Waals surface area contributed by atoms with E-state index in [0.29, 0.717) is 17.1 Å². The van der Waals surface area contributed by atoms with Crippen LogP contribution in [0.4, 0.5) is 5.69 Å². The first-order valence-corrected chi connectivity index (χ1v) is 9.12. The molecular formula is C23H16Cl3N7. The van der Waals surface area contributed by atoms with Crippen LogP contribution in [-0.2, 0) is 0 Å². The Morgan fingerprint density at radius 1 is 0.909 bits per heavy atom. The molecule has 0 atom stereocenters. The first-order chi connectivity index (χ1) is 14.8. The standard InChI is InChI=1S/C23H13N7.3ClH/c1-25-18-7-9-22(26-12-18)30-14-27-20-8-6-17(10-21(20)30)19-13-28-29-23(19)16-4-2-15(11-24)3-5-16;;;/h2-10,12-14H,(H,28,29);3*1H. The van der Waals surface area contributed by atoms with Crippen LogP contribution in [0.15, 0.2) is 73.3 Å². The Balaban J connectivity index is 0.00000128. The first kappa shape index (κ1) is 25.4. The molecule has 2 aromatic carbocycles. The lowest BCUT2D eigenvalue weighted by atomic mass is 10.0. The fraction of sp³-hybridized carbons (Fsp3) is 0. The average Bonchev–Trinajstić information content (AvgIpc) is 3.46. The zero-order valence-corrected chi connectivity index (χ0v) is 19.3. The fourth-order valence-corrected chi connectivity index (χ4v) is 3.38. The second kappa shape index (κ2) is 10.6. The van der Waals surface area contributed by atoms with Gasteiger partial charge in [0.1, 0.15) is 12.1 Å². The maximum absolute atomic E-state index is 9.02. The second-order valence-electron chi connectivity index (χ2n) is 6.65. The van der Waals surface area contributed by atoms with Crippen molar-refractivity contribution >= 4 is 53.9 Å². The molecule has 5 aromatic rings. The predicted octanol–water partition coefficient (Wildman–Crippen LogP) is 6.17. The topological polar surface area (TPSA) is 87.5 Å². The Kier molecular flexibility index (Phi) is 8.17. The number of halogens is 3. The zero-order valence-electron chi connectivity index (χ0n) is 16.8. The van der Waals surface area contributed by atoms with Gasteiger partial charge in [-0.1, -0.05) is 24.3 Å². The van der Waals surface area contributed by atoms with E-state index < -0.39 is 0 Å². The summed E-state index contributed by atoms with van der Waals surface area (Å²) in [7, 11) is 0. The molecule has 0 radical (unpaired) electrons. The van der Waals surface area contributed by atoms with Gasteiger partial charge in [-0.3, -0.25) is 14.6 Å². The van der Waals surface area contributed by atoms with Crippen molar-refractivity contribution < 1.29 is 0 Å². The third-order valence-corrected chi connectivity index (χ3v) is 4.91. The molecule has 0 aliphatic carbocycles. The summed E-state index contributed by atoms with van der Waals surface area (Å²) < 4.78 is 1.90. The molecule has 0 aliphatic heterocycles. The number of H-pyrrole nitrogens is 1. The highest BCUT2D eigenvalue weighted by molar-refractivity contribution is 5.88. The van der Waals surface area contributed by atoms with Crippen LogP contribution in [0.5, 0.6) is 0 Å². The summed E-state index contributed by atoms with van der Waals surface area (Å²) in [5.74, 6) is 0.696. The lowest BCUT2D eigenvalue weighted by Gasteiger charge is -2.07. The molecule has 0 amide bonds. The van der Waals surface area contributed by atoms with Crippen LogP contribution in [0.1, 0.15) is 5.56 Å².